The molecule has 0 aliphatic heterocycles. The molecule has 0 aliphatic rings. The second-order valence-corrected chi connectivity index (χ2v) is 2.22. The Kier molecular flexibility index (Phi) is 2.43. The summed E-state index contributed by atoms with van der Waals surface area (Å²) in [6.07, 6.45) is 6.40. The van der Waals surface area contributed by atoms with E-state index >= 15 is 0 Å². The van der Waals surface area contributed by atoms with Crippen LogP contribution in [0.4, 0.5) is 0 Å². The maximum atomic E-state index is 11.1. The van der Waals surface area contributed by atoms with Gasteiger partial charge in [0.2, 0.25) is 0 Å². The number of aromatic nitrogens is 3. The van der Waals surface area contributed by atoms with Gasteiger partial charge >= 0.3 is 0 Å². The van der Waals surface area contributed by atoms with Crippen LogP contribution < -0.4 is 5.32 Å². The first-order valence-electron chi connectivity index (χ1n) is 3.37. The highest BCUT2D eigenvalue weighted by atomic mass is 16.2. The van der Waals surface area contributed by atoms with E-state index in [1.54, 1.807) is 6.92 Å². The molecule has 62 valence electrons. The predicted octanol–water partition coefficient (Wildman–Crippen LogP) is -0.444. The largest absolute Gasteiger partial charge is 0.337 e. The van der Waals surface area contributed by atoms with Crippen molar-refractivity contribution in [2.75, 3.05) is 0 Å². The number of carbonyl (C=O) groups excluding carboxylic acids is 1. The fourth-order valence-corrected chi connectivity index (χ4v) is 0.623. The van der Waals surface area contributed by atoms with Crippen LogP contribution in [0.5, 0.6) is 0 Å². The zero-order valence-electron chi connectivity index (χ0n) is 6.53. The Bertz CT molecular complexity index is 298. The van der Waals surface area contributed by atoms with Gasteiger partial charge in [-0.2, -0.15) is 15.4 Å². The number of nitrogens with zero attached hydrogens (tertiary/aromatic N) is 2. The van der Waals surface area contributed by atoms with Crippen molar-refractivity contribution >= 4 is 5.91 Å². The van der Waals surface area contributed by atoms with Gasteiger partial charge in [0.15, 0.2) is 5.69 Å². The van der Waals surface area contributed by atoms with E-state index in [0.29, 0.717) is 0 Å². The molecule has 1 aromatic heterocycles. The molecular weight excluding hydrogens is 156 g/mol. The van der Waals surface area contributed by atoms with E-state index < -0.39 is 0 Å². The zero-order valence-corrected chi connectivity index (χ0v) is 6.53. The molecule has 0 fully saturated rings. The predicted molar refractivity (Wildman–Crippen MR) is 42.1 cm³/mol. The zero-order chi connectivity index (χ0) is 8.97. The number of hydrogen-bond donors (Lipinski definition) is 2. The molecule has 5 nitrogen and oxygen atoms in total. The summed E-state index contributed by atoms with van der Waals surface area (Å²) in [5, 5.41) is 11.9. The smallest absolute Gasteiger partial charge is 0.274 e. The topological polar surface area (TPSA) is 70.7 Å². The third-order valence-electron chi connectivity index (χ3n) is 1.25. The fourth-order valence-electron chi connectivity index (χ4n) is 0.623. The Morgan fingerprint density at radius 3 is 3.17 bits per heavy atom. The van der Waals surface area contributed by atoms with E-state index in [9.17, 15) is 4.79 Å². The van der Waals surface area contributed by atoms with Crippen LogP contribution in [0.25, 0.3) is 0 Å². The minimum Gasteiger partial charge on any atom is -0.337 e. The average Bonchev–Trinajstić information content (AvgIpc) is 2.56. The summed E-state index contributed by atoms with van der Waals surface area (Å²) in [5.74, 6) is 2.04. The van der Waals surface area contributed by atoms with E-state index in [2.05, 4.69) is 26.6 Å². The van der Waals surface area contributed by atoms with Crippen LogP contribution in [0.1, 0.15) is 17.4 Å². The Labute approximate surface area is 69.6 Å². The number of carbonyl (C=O) groups is 1. The fraction of sp³-hybridized carbons (Fsp3) is 0.286. The van der Waals surface area contributed by atoms with Gasteiger partial charge in [-0.15, -0.1) is 6.42 Å². The van der Waals surface area contributed by atoms with E-state index in [4.69, 9.17) is 6.42 Å². The van der Waals surface area contributed by atoms with Crippen molar-refractivity contribution in [3.05, 3.63) is 11.9 Å². The van der Waals surface area contributed by atoms with Crippen LogP contribution in [0, 0.1) is 12.3 Å². The van der Waals surface area contributed by atoms with Crippen LogP contribution in [0.3, 0.4) is 0 Å². The second-order valence-electron chi connectivity index (χ2n) is 2.22. The molecule has 0 radical (unpaired) electrons. The van der Waals surface area contributed by atoms with E-state index in [0.717, 1.165) is 0 Å². The van der Waals surface area contributed by atoms with E-state index in [1.807, 2.05) is 0 Å². The van der Waals surface area contributed by atoms with Gasteiger partial charge in [-0.05, 0) is 6.92 Å². The summed E-state index contributed by atoms with van der Waals surface area (Å²) in [6, 6.07) is -0.297. The maximum absolute atomic E-state index is 11.1. The lowest BCUT2D eigenvalue weighted by Gasteiger charge is -2.03. The van der Waals surface area contributed by atoms with Gasteiger partial charge in [-0.3, -0.25) is 4.79 Å². The summed E-state index contributed by atoms with van der Waals surface area (Å²) in [6.45, 7) is 1.71. The van der Waals surface area contributed by atoms with E-state index in [-0.39, 0.29) is 17.6 Å². The van der Waals surface area contributed by atoms with Gasteiger partial charge in [-0.1, -0.05) is 5.92 Å². The molecule has 1 aromatic rings. The minimum atomic E-state index is -0.325. The number of terminal acetylenes is 1. The number of nitrogens with one attached hydrogen (secondary N) is 2. The van der Waals surface area contributed by atoms with Crippen LogP contribution in [-0.4, -0.2) is 27.4 Å². The molecular formula is C7H8N4O. The van der Waals surface area contributed by atoms with Crippen LogP contribution in [0.15, 0.2) is 6.20 Å². The number of amides is 1. The number of aromatic amines is 1. The first-order chi connectivity index (χ1) is 5.74. The molecule has 1 atom stereocenters. The summed E-state index contributed by atoms with van der Waals surface area (Å²) in [7, 11) is 0. The Morgan fingerprint density at radius 2 is 2.67 bits per heavy atom. The van der Waals surface area contributed by atoms with Crippen molar-refractivity contribution in [2.45, 2.75) is 13.0 Å². The summed E-state index contributed by atoms with van der Waals surface area (Å²) in [4.78, 5) is 11.1. The molecule has 12 heavy (non-hydrogen) atoms. The summed E-state index contributed by atoms with van der Waals surface area (Å²) >= 11 is 0. The van der Waals surface area contributed by atoms with Crippen LogP contribution in [-0.2, 0) is 0 Å². The lowest BCUT2D eigenvalue weighted by molar-refractivity contribution is 0.0943. The van der Waals surface area contributed by atoms with Crippen molar-refractivity contribution < 1.29 is 4.79 Å². The van der Waals surface area contributed by atoms with Crippen molar-refractivity contribution in [2.24, 2.45) is 0 Å². The van der Waals surface area contributed by atoms with Crippen molar-refractivity contribution in [3.63, 3.8) is 0 Å². The van der Waals surface area contributed by atoms with Gasteiger partial charge < -0.3 is 5.32 Å². The highest BCUT2D eigenvalue weighted by Crippen LogP contribution is 1.89. The maximum Gasteiger partial charge on any atom is 0.274 e. The Balaban J connectivity index is 2.57. The average molecular weight is 164 g/mol. The summed E-state index contributed by atoms with van der Waals surface area (Å²) in [5.41, 5.74) is 0.233. The van der Waals surface area contributed by atoms with Crippen LogP contribution >= 0.6 is 0 Å². The highest BCUT2D eigenvalue weighted by molar-refractivity contribution is 5.92. The quantitative estimate of drug-likeness (QED) is 0.582. The van der Waals surface area contributed by atoms with Gasteiger partial charge in [0.05, 0.1) is 12.2 Å². The molecule has 0 saturated heterocycles. The van der Waals surface area contributed by atoms with Crippen molar-refractivity contribution in [3.8, 4) is 12.3 Å². The van der Waals surface area contributed by atoms with Gasteiger partial charge in [0.25, 0.3) is 5.91 Å². The standard InChI is InChI=1S/C7H8N4O/c1-3-5(2)9-7(12)6-4-8-11-10-6/h1,4-5H,2H3,(H,9,12)(H,8,10,11). The molecule has 2 N–H and O–H groups in total. The SMILES string of the molecule is C#CC(C)NC(=O)c1cn[nH]n1. The number of rotatable bonds is 2. The molecule has 1 unspecified atom stereocenters. The molecule has 1 amide bonds. The van der Waals surface area contributed by atoms with E-state index in [1.165, 1.54) is 6.20 Å². The lowest BCUT2D eigenvalue weighted by atomic mass is 10.3. The third-order valence-corrected chi connectivity index (χ3v) is 1.25. The molecule has 1 heterocycles. The van der Waals surface area contributed by atoms with Crippen molar-refractivity contribution in [1.82, 2.24) is 20.7 Å². The minimum absolute atomic E-state index is 0.233. The third kappa shape index (κ3) is 1.83. The highest BCUT2D eigenvalue weighted by Gasteiger charge is 2.09. The second kappa shape index (κ2) is 3.53. The number of hydrogen-bond acceptors (Lipinski definition) is 3. The molecule has 5 heteroatoms. The summed E-state index contributed by atoms with van der Waals surface area (Å²) < 4.78 is 0. The van der Waals surface area contributed by atoms with Gasteiger partial charge in [-0.25, -0.2) is 0 Å². The van der Waals surface area contributed by atoms with Crippen LogP contribution in [0.2, 0.25) is 0 Å². The van der Waals surface area contributed by atoms with Crippen molar-refractivity contribution in [1.29, 1.82) is 0 Å². The molecule has 1 rings (SSSR count). The number of H-pyrrole nitrogens is 1. The first-order valence-corrected chi connectivity index (χ1v) is 3.37. The normalized spacial score (nSPS) is 11.7. The molecule has 0 aromatic carbocycles. The molecule has 0 aliphatic carbocycles. The Morgan fingerprint density at radius 1 is 1.92 bits per heavy atom. The monoisotopic (exact) mass is 164 g/mol. The van der Waals surface area contributed by atoms with Gasteiger partial charge in [0.1, 0.15) is 0 Å². The Hall–Kier alpha value is -1.83. The molecule has 0 saturated carbocycles. The first kappa shape index (κ1) is 8.27. The molecule has 0 bridgehead atoms. The lowest BCUT2D eigenvalue weighted by Crippen LogP contribution is -2.31. The molecule has 0 spiro atoms. The van der Waals surface area contributed by atoms with Gasteiger partial charge in [0, 0.05) is 0 Å².